The lowest BCUT2D eigenvalue weighted by Gasteiger charge is -2.13. The highest BCUT2D eigenvalue weighted by Crippen LogP contribution is 2.22. The SMILES string of the molecule is CC(C)Nc1nc(NCCc2cccs2)nc2ccccc12. The Kier molecular flexibility index (Phi) is 4.53. The molecule has 0 saturated heterocycles. The number of aromatic nitrogens is 2. The molecule has 0 bridgehead atoms. The maximum absolute atomic E-state index is 4.63. The van der Waals surface area contributed by atoms with Gasteiger partial charge in [-0.25, -0.2) is 4.98 Å². The van der Waals surface area contributed by atoms with Crippen LogP contribution in [0.25, 0.3) is 10.9 Å². The number of fused-ring (bicyclic) bond motifs is 1. The monoisotopic (exact) mass is 312 g/mol. The Morgan fingerprint density at radius 1 is 1.09 bits per heavy atom. The summed E-state index contributed by atoms with van der Waals surface area (Å²) in [7, 11) is 0. The van der Waals surface area contributed by atoms with Crippen molar-refractivity contribution in [2.24, 2.45) is 0 Å². The van der Waals surface area contributed by atoms with Gasteiger partial charge in [0.2, 0.25) is 5.95 Å². The summed E-state index contributed by atoms with van der Waals surface area (Å²) in [6, 6.07) is 12.7. The summed E-state index contributed by atoms with van der Waals surface area (Å²) in [6.07, 6.45) is 0.987. The van der Waals surface area contributed by atoms with Crippen molar-refractivity contribution < 1.29 is 0 Å². The van der Waals surface area contributed by atoms with Crippen molar-refractivity contribution in [2.45, 2.75) is 26.3 Å². The predicted molar refractivity (Wildman–Crippen MR) is 94.8 cm³/mol. The van der Waals surface area contributed by atoms with E-state index in [1.165, 1.54) is 4.88 Å². The molecule has 4 nitrogen and oxygen atoms in total. The van der Waals surface area contributed by atoms with Crippen molar-refractivity contribution in [1.29, 1.82) is 0 Å². The minimum absolute atomic E-state index is 0.331. The van der Waals surface area contributed by atoms with E-state index in [1.54, 1.807) is 11.3 Å². The van der Waals surface area contributed by atoms with Gasteiger partial charge in [-0.3, -0.25) is 0 Å². The first-order valence-electron chi connectivity index (χ1n) is 7.52. The second kappa shape index (κ2) is 6.75. The first-order chi connectivity index (χ1) is 10.7. The normalized spacial score (nSPS) is 11.0. The van der Waals surface area contributed by atoms with Gasteiger partial charge in [-0.15, -0.1) is 11.3 Å². The Labute approximate surface area is 134 Å². The lowest BCUT2D eigenvalue weighted by atomic mass is 10.2. The molecule has 3 aromatic rings. The average molecular weight is 312 g/mol. The van der Waals surface area contributed by atoms with Crippen LogP contribution < -0.4 is 10.6 Å². The van der Waals surface area contributed by atoms with Gasteiger partial charge in [0, 0.05) is 22.8 Å². The molecule has 0 unspecified atom stereocenters. The summed E-state index contributed by atoms with van der Waals surface area (Å²) < 4.78 is 0. The van der Waals surface area contributed by atoms with Crippen LogP contribution in [0.5, 0.6) is 0 Å². The van der Waals surface area contributed by atoms with Gasteiger partial charge in [0.05, 0.1) is 5.52 Å². The third-order valence-corrected chi connectivity index (χ3v) is 4.20. The Hall–Kier alpha value is -2.14. The van der Waals surface area contributed by atoms with E-state index in [-0.39, 0.29) is 0 Å². The van der Waals surface area contributed by atoms with Crippen LogP contribution in [-0.2, 0) is 6.42 Å². The quantitative estimate of drug-likeness (QED) is 0.717. The van der Waals surface area contributed by atoms with E-state index in [4.69, 9.17) is 0 Å². The van der Waals surface area contributed by atoms with Crippen LogP contribution in [0.2, 0.25) is 0 Å². The number of nitrogens with one attached hydrogen (secondary N) is 2. The Balaban J connectivity index is 1.79. The molecule has 1 aromatic carbocycles. The first kappa shape index (κ1) is 14.8. The number of thiophene rings is 1. The van der Waals surface area contributed by atoms with E-state index in [0.717, 1.165) is 29.7 Å². The summed E-state index contributed by atoms with van der Waals surface area (Å²) in [5, 5.41) is 9.90. The minimum atomic E-state index is 0.331. The Morgan fingerprint density at radius 3 is 2.73 bits per heavy atom. The molecule has 0 spiro atoms. The fourth-order valence-electron chi connectivity index (χ4n) is 2.29. The topological polar surface area (TPSA) is 49.8 Å². The molecular formula is C17H20N4S. The van der Waals surface area contributed by atoms with Crippen LogP contribution in [0.15, 0.2) is 41.8 Å². The molecule has 22 heavy (non-hydrogen) atoms. The van der Waals surface area contributed by atoms with Gasteiger partial charge in [-0.05, 0) is 43.8 Å². The van der Waals surface area contributed by atoms with Crippen molar-refractivity contribution in [3.8, 4) is 0 Å². The van der Waals surface area contributed by atoms with Gasteiger partial charge < -0.3 is 10.6 Å². The van der Waals surface area contributed by atoms with Gasteiger partial charge in [0.1, 0.15) is 5.82 Å². The highest BCUT2D eigenvalue weighted by molar-refractivity contribution is 7.09. The first-order valence-corrected chi connectivity index (χ1v) is 8.40. The number of nitrogens with zero attached hydrogens (tertiary/aromatic N) is 2. The molecule has 0 amide bonds. The fourth-order valence-corrected chi connectivity index (χ4v) is 3.00. The Bertz CT molecular complexity index is 738. The van der Waals surface area contributed by atoms with Gasteiger partial charge in [0.15, 0.2) is 0 Å². The van der Waals surface area contributed by atoms with E-state index in [0.29, 0.717) is 12.0 Å². The number of para-hydroxylation sites is 1. The molecule has 114 valence electrons. The minimum Gasteiger partial charge on any atom is -0.367 e. The predicted octanol–water partition coefficient (Wildman–Crippen LogP) is 4.17. The summed E-state index contributed by atoms with van der Waals surface area (Å²) >= 11 is 1.78. The van der Waals surface area contributed by atoms with E-state index >= 15 is 0 Å². The molecule has 2 heterocycles. The number of anilines is 2. The zero-order valence-electron chi connectivity index (χ0n) is 12.8. The smallest absolute Gasteiger partial charge is 0.225 e. The molecule has 0 atom stereocenters. The van der Waals surface area contributed by atoms with E-state index in [2.05, 4.69) is 58.0 Å². The largest absolute Gasteiger partial charge is 0.367 e. The molecular weight excluding hydrogens is 292 g/mol. The number of rotatable bonds is 6. The molecule has 2 aromatic heterocycles. The van der Waals surface area contributed by atoms with Gasteiger partial charge in [0.25, 0.3) is 0 Å². The second-order valence-corrected chi connectivity index (χ2v) is 6.50. The molecule has 0 aliphatic heterocycles. The van der Waals surface area contributed by atoms with Crippen molar-refractivity contribution in [2.75, 3.05) is 17.2 Å². The van der Waals surface area contributed by atoms with E-state index in [9.17, 15) is 0 Å². The van der Waals surface area contributed by atoms with Crippen LogP contribution in [0.3, 0.4) is 0 Å². The van der Waals surface area contributed by atoms with Crippen LogP contribution in [0.1, 0.15) is 18.7 Å². The maximum atomic E-state index is 4.63. The van der Waals surface area contributed by atoms with Crippen molar-refractivity contribution in [3.05, 3.63) is 46.7 Å². The molecule has 2 N–H and O–H groups in total. The zero-order valence-corrected chi connectivity index (χ0v) is 13.7. The van der Waals surface area contributed by atoms with Gasteiger partial charge in [-0.2, -0.15) is 4.98 Å². The number of hydrogen-bond acceptors (Lipinski definition) is 5. The highest BCUT2D eigenvalue weighted by Gasteiger charge is 2.08. The van der Waals surface area contributed by atoms with Crippen molar-refractivity contribution in [1.82, 2.24) is 9.97 Å². The third-order valence-electron chi connectivity index (χ3n) is 3.26. The Morgan fingerprint density at radius 2 is 1.95 bits per heavy atom. The zero-order chi connectivity index (χ0) is 15.4. The van der Waals surface area contributed by atoms with Crippen LogP contribution in [-0.4, -0.2) is 22.6 Å². The lowest BCUT2D eigenvalue weighted by molar-refractivity contribution is 0.889. The van der Waals surface area contributed by atoms with Crippen molar-refractivity contribution in [3.63, 3.8) is 0 Å². The van der Waals surface area contributed by atoms with Crippen LogP contribution >= 0.6 is 11.3 Å². The van der Waals surface area contributed by atoms with Gasteiger partial charge >= 0.3 is 0 Å². The molecule has 0 aliphatic carbocycles. The standard InChI is InChI=1S/C17H20N4S/c1-12(2)19-16-14-7-3-4-8-15(14)20-17(21-16)18-10-9-13-6-5-11-22-13/h3-8,11-12H,9-10H2,1-2H3,(H2,18,19,20,21). The molecule has 0 fully saturated rings. The van der Waals surface area contributed by atoms with Crippen LogP contribution in [0, 0.1) is 0 Å². The molecule has 0 saturated carbocycles. The summed E-state index contributed by atoms with van der Waals surface area (Å²) in [6.45, 7) is 5.06. The molecule has 0 radical (unpaired) electrons. The molecule has 3 rings (SSSR count). The molecule has 5 heteroatoms. The van der Waals surface area contributed by atoms with E-state index in [1.807, 2.05) is 18.2 Å². The number of benzene rings is 1. The van der Waals surface area contributed by atoms with Crippen molar-refractivity contribution >= 4 is 34.0 Å². The number of hydrogen-bond donors (Lipinski definition) is 2. The van der Waals surface area contributed by atoms with Crippen LogP contribution in [0.4, 0.5) is 11.8 Å². The lowest BCUT2D eigenvalue weighted by Crippen LogP contribution is -2.14. The molecule has 0 aliphatic rings. The summed E-state index contributed by atoms with van der Waals surface area (Å²) in [5.41, 5.74) is 0.958. The summed E-state index contributed by atoms with van der Waals surface area (Å²) in [4.78, 5) is 10.6. The third kappa shape index (κ3) is 3.54. The maximum Gasteiger partial charge on any atom is 0.225 e. The van der Waals surface area contributed by atoms with Gasteiger partial charge in [-0.1, -0.05) is 18.2 Å². The fraction of sp³-hybridized carbons (Fsp3) is 0.294. The average Bonchev–Trinajstić information content (AvgIpc) is 3.00. The second-order valence-electron chi connectivity index (χ2n) is 5.47. The summed E-state index contributed by atoms with van der Waals surface area (Å²) in [5.74, 6) is 1.57. The van der Waals surface area contributed by atoms with E-state index < -0.39 is 0 Å². The highest BCUT2D eigenvalue weighted by atomic mass is 32.1.